The van der Waals surface area contributed by atoms with Gasteiger partial charge in [-0.15, -0.1) is 0 Å². The first-order valence-electron chi connectivity index (χ1n) is 11.0. The number of nitrogens with zero attached hydrogens (tertiary/aromatic N) is 2. The van der Waals surface area contributed by atoms with Gasteiger partial charge in [-0.3, -0.25) is 14.5 Å². The molecule has 7 heteroatoms. The predicted molar refractivity (Wildman–Crippen MR) is 128 cm³/mol. The minimum absolute atomic E-state index is 0.181. The number of hydrogen-bond donors (Lipinski definition) is 2. The fourth-order valence-corrected chi connectivity index (χ4v) is 3.57. The van der Waals surface area contributed by atoms with Crippen LogP contribution in [0, 0.1) is 0 Å². The standard InChI is InChI=1S/C25H32N4O3/c1-20(27-24(30)13-10-21-8-11-23(32-2)12-9-21)25(31)26-14-15-28-16-18-29(19-17-28)22-6-4-3-5-7-22/h3-13,20H,14-19H2,1-2H3,(H,26,31)(H,27,30)/b13-10+. The summed E-state index contributed by atoms with van der Waals surface area (Å²) in [5.41, 5.74) is 2.14. The Morgan fingerprint density at radius 2 is 1.72 bits per heavy atom. The number of benzene rings is 2. The van der Waals surface area contributed by atoms with Crippen molar-refractivity contribution in [2.45, 2.75) is 13.0 Å². The van der Waals surface area contributed by atoms with E-state index in [2.05, 4.69) is 44.7 Å². The molecular weight excluding hydrogens is 404 g/mol. The molecule has 2 amide bonds. The molecule has 1 aliphatic rings. The largest absolute Gasteiger partial charge is 0.497 e. The second-order valence-electron chi connectivity index (χ2n) is 7.79. The highest BCUT2D eigenvalue weighted by Crippen LogP contribution is 2.15. The molecule has 2 aromatic carbocycles. The molecule has 0 bridgehead atoms. The van der Waals surface area contributed by atoms with E-state index in [0.29, 0.717) is 6.54 Å². The lowest BCUT2D eigenvalue weighted by atomic mass is 10.2. The van der Waals surface area contributed by atoms with Gasteiger partial charge in [0.15, 0.2) is 0 Å². The summed E-state index contributed by atoms with van der Waals surface area (Å²) >= 11 is 0. The molecular formula is C25H32N4O3. The lowest BCUT2D eigenvalue weighted by Gasteiger charge is -2.36. The quantitative estimate of drug-likeness (QED) is 0.590. The molecule has 0 spiro atoms. The van der Waals surface area contributed by atoms with E-state index in [1.165, 1.54) is 11.8 Å². The van der Waals surface area contributed by atoms with Crippen LogP contribution in [0.3, 0.4) is 0 Å². The highest BCUT2D eigenvalue weighted by Gasteiger charge is 2.18. The Morgan fingerprint density at radius 1 is 1.03 bits per heavy atom. The number of piperazine rings is 1. The second-order valence-corrected chi connectivity index (χ2v) is 7.79. The van der Waals surface area contributed by atoms with Gasteiger partial charge in [-0.05, 0) is 42.8 Å². The number of anilines is 1. The Hall–Kier alpha value is -3.32. The van der Waals surface area contributed by atoms with Crippen LogP contribution in [-0.2, 0) is 9.59 Å². The van der Waals surface area contributed by atoms with Crippen LogP contribution in [0.15, 0.2) is 60.7 Å². The molecule has 32 heavy (non-hydrogen) atoms. The Labute approximate surface area is 190 Å². The molecule has 0 radical (unpaired) electrons. The van der Waals surface area contributed by atoms with Crippen LogP contribution in [-0.4, -0.2) is 69.1 Å². The average molecular weight is 437 g/mol. The van der Waals surface area contributed by atoms with Gasteiger partial charge in [0.05, 0.1) is 7.11 Å². The molecule has 0 saturated carbocycles. The van der Waals surface area contributed by atoms with Gasteiger partial charge in [-0.25, -0.2) is 0 Å². The molecule has 0 aliphatic carbocycles. The van der Waals surface area contributed by atoms with Crippen molar-refractivity contribution in [1.29, 1.82) is 0 Å². The van der Waals surface area contributed by atoms with E-state index in [1.807, 2.05) is 30.3 Å². The van der Waals surface area contributed by atoms with Gasteiger partial charge in [-0.1, -0.05) is 30.3 Å². The van der Waals surface area contributed by atoms with Crippen molar-refractivity contribution in [2.75, 3.05) is 51.3 Å². The summed E-state index contributed by atoms with van der Waals surface area (Å²) < 4.78 is 5.11. The average Bonchev–Trinajstić information content (AvgIpc) is 2.84. The second kappa shape index (κ2) is 11.9. The molecule has 7 nitrogen and oxygen atoms in total. The Kier molecular flexibility index (Phi) is 8.69. The molecule has 2 aromatic rings. The molecule has 1 fully saturated rings. The van der Waals surface area contributed by atoms with E-state index in [4.69, 9.17) is 4.74 Å². The van der Waals surface area contributed by atoms with Gasteiger partial charge >= 0.3 is 0 Å². The van der Waals surface area contributed by atoms with Crippen molar-refractivity contribution in [1.82, 2.24) is 15.5 Å². The fraction of sp³-hybridized carbons (Fsp3) is 0.360. The lowest BCUT2D eigenvalue weighted by molar-refractivity contribution is -0.126. The Bertz CT molecular complexity index is 891. The van der Waals surface area contributed by atoms with Crippen molar-refractivity contribution >= 4 is 23.6 Å². The summed E-state index contributed by atoms with van der Waals surface area (Å²) in [5.74, 6) is 0.273. The van der Waals surface area contributed by atoms with E-state index >= 15 is 0 Å². The highest BCUT2D eigenvalue weighted by molar-refractivity contribution is 5.95. The maximum absolute atomic E-state index is 12.3. The van der Waals surface area contributed by atoms with Crippen LogP contribution >= 0.6 is 0 Å². The third-order valence-electron chi connectivity index (χ3n) is 5.52. The smallest absolute Gasteiger partial charge is 0.244 e. The Balaban J connectivity index is 1.33. The summed E-state index contributed by atoms with van der Waals surface area (Å²) in [7, 11) is 1.61. The van der Waals surface area contributed by atoms with Crippen LogP contribution in [0.5, 0.6) is 5.75 Å². The van der Waals surface area contributed by atoms with E-state index in [0.717, 1.165) is 44.0 Å². The number of carbonyl (C=O) groups excluding carboxylic acids is 2. The third kappa shape index (κ3) is 7.13. The molecule has 1 heterocycles. The van der Waals surface area contributed by atoms with Crippen molar-refractivity contribution in [3.63, 3.8) is 0 Å². The first kappa shape index (κ1) is 23.3. The van der Waals surface area contributed by atoms with Gasteiger partial charge in [-0.2, -0.15) is 0 Å². The number of methoxy groups -OCH3 is 1. The zero-order chi connectivity index (χ0) is 22.8. The van der Waals surface area contributed by atoms with Gasteiger partial charge < -0.3 is 20.3 Å². The molecule has 1 saturated heterocycles. The highest BCUT2D eigenvalue weighted by atomic mass is 16.5. The van der Waals surface area contributed by atoms with Gasteiger partial charge in [0, 0.05) is 51.0 Å². The van der Waals surface area contributed by atoms with Crippen molar-refractivity contribution in [3.8, 4) is 5.75 Å². The predicted octanol–water partition coefficient (Wildman–Crippen LogP) is 2.15. The SMILES string of the molecule is COc1ccc(/C=C/C(=O)NC(C)C(=O)NCCN2CCN(c3ccccc3)CC2)cc1. The number of hydrogen-bond acceptors (Lipinski definition) is 5. The maximum atomic E-state index is 12.3. The molecule has 2 N–H and O–H groups in total. The molecule has 1 aliphatic heterocycles. The topological polar surface area (TPSA) is 73.9 Å². The van der Waals surface area contributed by atoms with E-state index in [1.54, 1.807) is 20.1 Å². The van der Waals surface area contributed by atoms with Crippen LogP contribution < -0.4 is 20.3 Å². The molecule has 3 rings (SSSR count). The van der Waals surface area contributed by atoms with Gasteiger partial charge in [0.25, 0.3) is 0 Å². The Morgan fingerprint density at radius 3 is 2.38 bits per heavy atom. The molecule has 0 aromatic heterocycles. The number of carbonyl (C=O) groups is 2. The maximum Gasteiger partial charge on any atom is 0.244 e. The molecule has 170 valence electrons. The first-order valence-corrected chi connectivity index (χ1v) is 11.0. The van der Waals surface area contributed by atoms with E-state index in [9.17, 15) is 9.59 Å². The molecule has 1 unspecified atom stereocenters. The summed E-state index contributed by atoms with van der Waals surface area (Å²) in [6, 6.07) is 17.2. The summed E-state index contributed by atoms with van der Waals surface area (Å²) in [6.45, 7) is 6.93. The van der Waals surface area contributed by atoms with Gasteiger partial charge in [0.1, 0.15) is 11.8 Å². The van der Waals surface area contributed by atoms with E-state index in [-0.39, 0.29) is 11.8 Å². The number of amides is 2. The number of nitrogens with one attached hydrogen (secondary N) is 2. The summed E-state index contributed by atoms with van der Waals surface area (Å²) in [6.07, 6.45) is 3.13. The van der Waals surface area contributed by atoms with Crippen LogP contribution in [0.2, 0.25) is 0 Å². The lowest BCUT2D eigenvalue weighted by Crippen LogP contribution is -2.50. The third-order valence-corrected chi connectivity index (χ3v) is 5.52. The normalized spacial score (nSPS) is 15.4. The number of ether oxygens (including phenoxy) is 1. The summed E-state index contributed by atoms with van der Waals surface area (Å²) in [4.78, 5) is 29.1. The number of para-hydroxylation sites is 1. The molecule has 1 atom stereocenters. The van der Waals surface area contributed by atoms with Crippen molar-refractivity contribution in [3.05, 3.63) is 66.2 Å². The van der Waals surface area contributed by atoms with Crippen molar-refractivity contribution < 1.29 is 14.3 Å². The zero-order valence-corrected chi connectivity index (χ0v) is 18.8. The van der Waals surface area contributed by atoms with Crippen LogP contribution in [0.4, 0.5) is 5.69 Å². The van der Waals surface area contributed by atoms with E-state index < -0.39 is 6.04 Å². The van der Waals surface area contributed by atoms with Crippen LogP contribution in [0.1, 0.15) is 12.5 Å². The fourth-order valence-electron chi connectivity index (χ4n) is 3.57. The van der Waals surface area contributed by atoms with Crippen LogP contribution in [0.25, 0.3) is 6.08 Å². The zero-order valence-electron chi connectivity index (χ0n) is 18.8. The minimum Gasteiger partial charge on any atom is -0.497 e. The number of rotatable bonds is 9. The minimum atomic E-state index is -0.599. The van der Waals surface area contributed by atoms with Crippen molar-refractivity contribution in [2.24, 2.45) is 0 Å². The summed E-state index contributed by atoms with van der Waals surface area (Å²) in [5, 5.41) is 5.62. The first-order chi connectivity index (χ1) is 15.5. The monoisotopic (exact) mass is 436 g/mol. The van der Waals surface area contributed by atoms with Gasteiger partial charge in [0.2, 0.25) is 11.8 Å².